The minimum atomic E-state index is -1.94. The molecule has 0 heterocycles. The summed E-state index contributed by atoms with van der Waals surface area (Å²) in [5.41, 5.74) is 2.99. The second-order valence-corrected chi connectivity index (χ2v) is 9.18. The summed E-state index contributed by atoms with van der Waals surface area (Å²) >= 11 is 0. The SMILES string of the molecule is CN(C)C(=N)N(C)C.Fc1ccc([B-](c2ccc(F)cc2)(c2ccc(F)cc2)c2ccc(F)cc2)cc1. The van der Waals surface area contributed by atoms with Crippen LogP contribution in [0.4, 0.5) is 17.6 Å². The van der Waals surface area contributed by atoms with Gasteiger partial charge in [-0.05, 0) is 48.5 Å². The predicted octanol–water partition coefficient (Wildman–Crippen LogP) is 3.66. The average molecular weight is 506 g/mol. The van der Waals surface area contributed by atoms with Gasteiger partial charge in [0, 0.05) is 28.2 Å². The fraction of sp³-hybridized carbons (Fsp3) is 0.138. The summed E-state index contributed by atoms with van der Waals surface area (Å²) < 4.78 is 54.8. The van der Waals surface area contributed by atoms with Crippen molar-refractivity contribution in [1.82, 2.24) is 9.80 Å². The predicted molar refractivity (Wildman–Crippen MR) is 145 cm³/mol. The highest BCUT2D eigenvalue weighted by atomic mass is 19.1. The highest BCUT2D eigenvalue weighted by Crippen LogP contribution is 2.12. The van der Waals surface area contributed by atoms with Crippen LogP contribution < -0.4 is 21.9 Å². The zero-order chi connectivity index (χ0) is 27.2. The van der Waals surface area contributed by atoms with Crippen LogP contribution in [-0.4, -0.2) is 50.1 Å². The lowest BCUT2D eigenvalue weighted by atomic mass is 9.13. The van der Waals surface area contributed by atoms with Crippen LogP contribution in [0.5, 0.6) is 0 Å². The van der Waals surface area contributed by atoms with Gasteiger partial charge < -0.3 is 9.80 Å². The Bertz CT molecular complexity index is 1110. The monoisotopic (exact) mass is 506 g/mol. The van der Waals surface area contributed by atoms with Crippen molar-refractivity contribution in [3.8, 4) is 0 Å². The van der Waals surface area contributed by atoms with Crippen LogP contribution in [0.25, 0.3) is 0 Å². The maximum absolute atomic E-state index is 13.7. The van der Waals surface area contributed by atoms with Gasteiger partial charge in [0.2, 0.25) is 0 Å². The smallest absolute Gasteiger partial charge is 0.192 e. The summed E-state index contributed by atoms with van der Waals surface area (Å²) in [7, 11) is 7.40. The minimum Gasteiger partial charge on any atom is -0.349 e. The average Bonchev–Trinajstić information content (AvgIpc) is 2.88. The van der Waals surface area contributed by atoms with Crippen molar-refractivity contribution in [2.45, 2.75) is 0 Å². The quantitative estimate of drug-likeness (QED) is 0.198. The Kier molecular flexibility index (Phi) is 8.76. The van der Waals surface area contributed by atoms with Gasteiger partial charge in [0.15, 0.2) is 5.96 Å². The molecular weight excluding hydrogens is 477 g/mol. The molecule has 0 amide bonds. The zero-order valence-corrected chi connectivity index (χ0v) is 21.2. The second kappa shape index (κ2) is 11.8. The number of nitrogens with one attached hydrogen (secondary N) is 1. The Balaban J connectivity index is 0.000000414. The topological polar surface area (TPSA) is 30.3 Å². The molecule has 0 aliphatic rings. The summed E-state index contributed by atoms with van der Waals surface area (Å²) in [6.07, 6.45) is -1.94. The minimum absolute atomic E-state index is 0.393. The summed E-state index contributed by atoms with van der Waals surface area (Å²) in [5, 5.41) is 7.25. The zero-order valence-electron chi connectivity index (χ0n) is 21.2. The molecule has 37 heavy (non-hydrogen) atoms. The number of guanidine groups is 1. The maximum atomic E-state index is 13.7. The van der Waals surface area contributed by atoms with Crippen LogP contribution in [0, 0.1) is 28.7 Å². The molecule has 0 unspecified atom stereocenters. The lowest BCUT2D eigenvalue weighted by molar-refractivity contribution is 0.478. The fourth-order valence-corrected chi connectivity index (χ4v) is 4.56. The lowest BCUT2D eigenvalue weighted by Crippen LogP contribution is -2.74. The van der Waals surface area contributed by atoms with Crippen molar-refractivity contribution < 1.29 is 17.6 Å². The standard InChI is InChI=1S/C24H16BF4.C5H13N3/c26-21-9-1-17(2-10-21)25(18-3-11-22(27)12-4-18,19-5-13-23(28)14-6-19)20-7-15-24(29)16-8-20;1-7(2)5(6)8(3)4/h1-16H;6H,1-4H3/q-1;. The van der Waals surface area contributed by atoms with Gasteiger partial charge in [-0.25, -0.2) is 17.6 Å². The number of rotatable bonds is 4. The van der Waals surface area contributed by atoms with Crippen molar-refractivity contribution >= 4 is 34.0 Å². The largest absolute Gasteiger partial charge is 0.349 e. The van der Waals surface area contributed by atoms with E-state index in [0.717, 1.165) is 21.9 Å². The third-order valence-electron chi connectivity index (χ3n) is 6.33. The van der Waals surface area contributed by atoms with E-state index in [2.05, 4.69) is 0 Å². The molecule has 4 aromatic carbocycles. The van der Waals surface area contributed by atoms with Crippen LogP contribution >= 0.6 is 0 Å². The van der Waals surface area contributed by atoms with E-state index in [1.807, 2.05) is 28.2 Å². The summed E-state index contributed by atoms with van der Waals surface area (Å²) in [6, 6.07) is 24.1. The number of nitrogens with zero attached hydrogens (tertiary/aromatic N) is 2. The van der Waals surface area contributed by atoms with Gasteiger partial charge in [0.25, 0.3) is 0 Å². The van der Waals surface area contributed by atoms with Crippen molar-refractivity contribution in [2.75, 3.05) is 28.2 Å². The van der Waals surface area contributed by atoms with E-state index in [1.54, 1.807) is 58.3 Å². The normalized spacial score (nSPS) is 10.8. The fourth-order valence-electron chi connectivity index (χ4n) is 4.56. The first-order valence-corrected chi connectivity index (χ1v) is 11.7. The third-order valence-corrected chi connectivity index (χ3v) is 6.33. The Morgan fingerprint density at radius 1 is 0.459 bits per heavy atom. The van der Waals surface area contributed by atoms with E-state index in [1.165, 1.54) is 48.5 Å². The van der Waals surface area contributed by atoms with Gasteiger partial charge in [0.05, 0.1) is 0 Å². The molecule has 3 nitrogen and oxygen atoms in total. The van der Waals surface area contributed by atoms with E-state index >= 15 is 0 Å². The molecule has 0 atom stereocenters. The van der Waals surface area contributed by atoms with Crippen molar-refractivity contribution in [2.24, 2.45) is 0 Å². The number of benzene rings is 4. The molecule has 0 fully saturated rings. The van der Waals surface area contributed by atoms with Gasteiger partial charge in [-0.15, -0.1) is 0 Å². The molecular formula is C29H29BF4N3-. The first kappa shape index (κ1) is 27.5. The summed E-state index contributed by atoms with van der Waals surface area (Å²) in [5.74, 6) is -1.05. The van der Waals surface area contributed by atoms with Gasteiger partial charge in [-0.2, -0.15) is 21.9 Å². The van der Waals surface area contributed by atoms with E-state index in [-0.39, 0.29) is 0 Å². The van der Waals surface area contributed by atoms with Crippen LogP contribution in [0.1, 0.15) is 0 Å². The van der Waals surface area contributed by atoms with Crippen LogP contribution in [0.2, 0.25) is 0 Å². The van der Waals surface area contributed by atoms with Gasteiger partial charge in [-0.1, -0.05) is 48.5 Å². The molecule has 8 heteroatoms. The number of halogens is 4. The Morgan fingerprint density at radius 3 is 0.784 bits per heavy atom. The third kappa shape index (κ3) is 6.20. The lowest BCUT2D eigenvalue weighted by Gasteiger charge is -2.44. The van der Waals surface area contributed by atoms with Crippen LogP contribution in [0.3, 0.4) is 0 Å². The Hall–Kier alpha value is -4.07. The number of hydrogen-bond donors (Lipinski definition) is 1. The molecule has 0 aliphatic heterocycles. The summed E-state index contributed by atoms with van der Waals surface area (Å²) in [4.78, 5) is 3.50. The molecule has 0 aromatic heterocycles. The van der Waals surface area contributed by atoms with Gasteiger partial charge in [-0.3, -0.25) is 5.41 Å². The molecule has 4 aromatic rings. The van der Waals surface area contributed by atoms with Gasteiger partial charge in [0.1, 0.15) is 29.4 Å². The summed E-state index contributed by atoms with van der Waals surface area (Å²) in [6.45, 7) is 0. The van der Waals surface area contributed by atoms with E-state index in [9.17, 15) is 17.6 Å². The highest BCUT2D eigenvalue weighted by molar-refractivity contribution is 7.19. The molecule has 0 bridgehead atoms. The van der Waals surface area contributed by atoms with Gasteiger partial charge >= 0.3 is 0 Å². The van der Waals surface area contributed by atoms with E-state index in [0.29, 0.717) is 5.96 Å². The molecule has 0 aliphatic carbocycles. The van der Waals surface area contributed by atoms with E-state index in [4.69, 9.17) is 5.41 Å². The first-order valence-electron chi connectivity index (χ1n) is 11.7. The molecule has 4 rings (SSSR count). The first-order chi connectivity index (χ1) is 17.5. The van der Waals surface area contributed by atoms with E-state index < -0.39 is 29.4 Å². The van der Waals surface area contributed by atoms with Crippen molar-refractivity contribution in [3.05, 3.63) is 120 Å². The Labute approximate surface area is 215 Å². The van der Waals surface area contributed by atoms with Crippen LogP contribution in [-0.2, 0) is 0 Å². The van der Waals surface area contributed by atoms with Crippen molar-refractivity contribution in [3.63, 3.8) is 0 Å². The Morgan fingerprint density at radius 2 is 0.649 bits per heavy atom. The molecule has 192 valence electrons. The van der Waals surface area contributed by atoms with Crippen molar-refractivity contribution in [1.29, 1.82) is 5.41 Å². The van der Waals surface area contributed by atoms with Crippen LogP contribution in [0.15, 0.2) is 97.1 Å². The second-order valence-electron chi connectivity index (χ2n) is 9.18. The number of hydrogen-bond acceptors (Lipinski definition) is 1. The molecule has 0 spiro atoms. The molecule has 0 radical (unpaired) electrons. The maximum Gasteiger partial charge on any atom is 0.192 e. The molecule has 0 saturated heterocycles. The molecule has 1 N–H and O–H groups in total. The molecule has 0 saturated carbocycles. The highest BCUT2D eigenvalue weighted by Gasteiger charge is 2.31.